The summed E-state index contributed by atoms with van der Waals surface area (Å²) in [7, 11) is 0. The zero-order valence-electron chi connectivity index (χ0n) is 34.4. The molecule has 0 amide bonds. The molecule has 0 radical (unpaired) electrons. The first-order chi connectivity index (χ1) is 31.3. The molecule has 0 spiro atoms. The lowest BCUT2D eigenvalue weighted by molar-refractivity contribution is 1.18. The number of hydrogen-bond acceptors (Lipinski definition) is 2. The first-order valence-electron chi connectivity index (χ1n) is 21.5. The maximum atomic E-state index is 2.49. The van der Waals surface area contributed by atoms with Gasteiger partial charge in [0.2, 0.25) is 0 Å². The quantitative estimate of drug-likeness (QED) is 0.148. The maximum absolute atomic E-state index is 2.49. The fraction of sp³-hybridized carbons (Fsp3) is 0. The number of para-hydroxylation sites is 3. The minimum atomic E-state index is 1.08. The van der Waals surface area contributed by atoms with Crippen LogP contribution in [0.2, 0.25) is 0 Å². The van der Waals surface area contributed by atoms with Gasteiger partial charge in [-0.15, -0.1) is 11.3 Å². The van der Waals surface area contributed by atoms with E-state index in [2.05, 4.69) is 252 Å². The zero-order valence-corrected chi connectivity index (χ0v) is 35.2. The average molecular weight is 821 g/mol. The molecule has 2 aromatic heterocycles. The Morgan fingerprint density at radius 2 is 0.873 bits per heavy atom. The zero-order chi connectivity index (χ0) is 41.7. The molecule has 0 fully saturated rings. The van der Waals surface area contributed by atoms with Crippen molar-refractivity contribution < 1.29 is 0 Å². The van der Waals surface area contributed by atoms with E-state index in [0.717, 1.165) is 50.5 Å². The molecule has 0 aliphatic heterocycles. The minimum Gasteiger partial charge on any atom is -0.309 e. The van der Waals surface area contributed by atoms with Crippen LogP contribution in [0.1, 0.15) is 0 Å². The van der Waals surface area contributed by atoms with Gasteiger partial charge in [-0.2, -0.15) is 0 Å². The predicted octanol–water partition coefficient (Wildman–Crippen LogP) is 17.3. The van der Waals surface area contributed by atoms with Gasteiger partial charge in [0, 0.05) is 53.4 Å². The average Bonchev–Trinajstić information content (AvgIpc) is 3.91. The molecule has 2 nitrogen and oxygen atoms in total. The van der Waals surface area contributed by atoms with Crippen molar-refractivity contribution in [3.63, 3.8) is 0 Å². The molecule has 12 rings (SSSR count). The largest absolute Gasteiger partial charge is 0.309 e. The highest BCUT2D eigenvalue weighted by molar-refractivity contribution is 7.26. The molecule has 0 aliphatic carbocycles. The van der Waals surface area contributed by atoms with Crippen LogP contribution in [0.4, 0.5) is 17.1 Å². The monoisotopic (exact) mass is 820 g/mol. The molecular formula is C60H40N2S. The van der Waals surface area contributed by atoms with Crippen molar-refractivity contribution in [1.82, 2.24) is 4.57 Å². The van der Waals surface area contributed by atoms with Crippen molar-refractivity contribution in [3.05, 3.63) is 243 Å². The first kappa shape index (κ1) is 36.8. The molecule has 0 saturated heterocycles. The third-order valence-electron chi connectivity index (χ3n) is 12.4. The Kier molecular flexibility index (Phi) is 9.06. The van der Waals surface area contributed by atoms with E-state index in [0.29, 0.717) is 0 Å². The van der Waals surface area contributed by atoms with Gasteiger partial charge in [0.1, 0.15) is 0 Å². The Bertz CT molecular complexity index is 3600. The molecule has 0 atom stereocenters. The van der Waals surface area contributed by atoms with E-state index in [-0.39, 0.29) is 0 Å². The molecule has 10 aromatic carbocycles. The van der Waals surface area contributed by atoms with Crippen LogP contribution in [-0.2, 0) is 0 Å². The molecule has 0 N–H and O–H groups in total. The van der Waals surface area contributed by atoms with Crippen molar-refractivity contribution in [2.75, 3.05) is 4.90 Å². The molecule has 2 heterocycles. The van der Waals surface area contributed by atoms with E-state index < -0.39 is 0 Å². The normalized spacial score (nSPS) is 11.5. The van der Waals surface area contributed by atoms with Crippen LogP contribution in [0.15, 0.2) is 243 Å². The third-order valence-corrected chi connectivity index (χ3v) is 13.6. The lowest BCUT2D eigenvalue weighted by Gasteiger charge is -2.30. The number of aromatic nitrogens is 1. The Balaban J connectivity index is 1.12. The second-order valence-electron chi connectivity index (χ2n) is 16.1. The molecule has 3 heteroatoms. The van der Waals surface area contributed by atoms with Gasteiger partial charge in [-0.3, -0.25) is 0 Å². The smallest absolute Gasteiger partial charge is 0.0561 e. The van der Waals surface area contributed by atoms with E-state index >= 15 is 0 Å². The van der Waals surface area contributed by atoms with E-state index in [4.69, 9.17) is 0 Å². The molecule has 63 heavy (non-hydrogen) atoms. The van der Waals surface area contributed by atoms with E-state index in [9.17, 15) is 0 Å². The third kappa shape index (κ3) is 6.41. The number of benzene rings is 10. The summed E-state index contributed by atoms with van der Waals surface area (Å²) in [6.45, 7) is 0. The standard InChI is InChI=1S/C60H40N2S/c1-4-17-41(18-5-1)42-31-33-44(34-32-42)48-23-10-13-28-55(48)62(47-36-37-51-50-24-11-14-29-56(50)61(58(51)40-47)46-21-8-3-9-22-46)57-38-35-45(39-54(57)43-19-6-2-7-20-43)49-26-16-27-53-52-25-12-15-30-59(52)63-60(49)53/h1-40H. The Morgan fingerprint density at radius 3 is 1.68 bits per heavy atom. The van der Waals surface area contributed by atoms with Crippen molar-refractivity contribution in [1.29, 1.82) is 0 Å². The number of rotatable bonds is 8. The Morgan fingerprint density at radius 1 is 0.317 bits per heavy atom. The van der Waals surface area contributed by atoms with Gasteiger partial charge in [0.25, 0.3) is 0 Å². The lowest BCUT2D eigenvalue weighted by Crippen LogP contribution is -2.13. The molecule has 0 saturated carbocycles. The van der Waals surface area contributed by atoms with Crippen LogP contribution in [0.3, 0.4) is 0 Å². The number of hydrogen-bond donors (Lipinski definition) is 0. The van der Waals surface area contributed by atoms with Crippen molar-refractivity contribution >= 4 is 70.4 Å². The summed E-state index contributed by atoms with van der Waals surface area (Å²) in [5.41, 5.74) is 16.2. The van der Waals surface area contributed by atoms with Gasteiger partial charge in [-0.05, 0) is 88.0 Å². The molecule has 0 bridgehead atoms. The SMILES string of the molecule is c1ccc(-c2ccc(-c3ccccc3N(c3ccc4c5ccccc5n(-c5ccccc5)c4c3)c3ccc(-c4cccc5c4sc4ccccc45)cc3-c3ccccc3)cc2)cc1. The van der Waals surface area contributed by atoms with Gasteiger partial charge >= 0.3 is 0 Å². The topological polar surface area (TPSA) is 8.17 Å². The van der Waals surface area contributed by atoms with E-state index in [1.54, 1.807) is 0 Å². The second-order valence-corrected chi connectivity index (χ2v) is 17.1. The lowest BCUT2D eigenvalue weighted by atomic mass is 9.94. The summed E-state index contributed by atoms with van der Waals surface area (Å²) in [4.78, 5) is 2.49. The highest BCUT2D eigenvalue weighted by Gasteiger charge is 2.24. The highest BCUT2D eigenvalue weighted by atomic mass is 32.1. The number of fused-ring (bicyclic) bond motifs is 6. The predicted molar refractivity (Wildman–Crippen MR) is 270 cm³/mol. The Labute approximate surface area is 370 Å². The van der Waals surface area contributed by atoms with Crippen LogP contribution in [0, 0.1) is 0 Å². The molecule has 0 aliphatic rings. The molecule has 12 aromatic rings. The van der Waals surface area contributed by atoms with Gasteiger partial charge in [-0.1, -0.05) is 188 Å². The minimum absolute atomic E-state index is 1.08. The van der Waals surface area contributed by atoms with Crippen LogP contribution in [0.5, 0.6) is 0 Å². The Hall–Kier alpha value is -7.98. The van der Waals surface area contributed by atoms with Crippen LogP contribution >= 0.6 is 11.3 Å². The summed E-state index contributed by atoms with van der Waals surface area (Å²) in [5, 5.41) is 5.06. The van der Waals surface area contributed by atoms with Crippen LogP contribution in [-0.4, -0.2) is 4.57 Å². The summed E-state index contributed by atoms with van der Waals surface area (Å²) >= 11 is 1.88. The summed E-state index contributed by atoms with van der Waals surface area (Å²) in [6.07, 6.45) is 0. The molecule has 296 valence electrons. The highest BCUT2D eigenvalue weighted by Crippen LogP contribution is 2.48. The van der Waals surface area contributed by atoms with Gasteiger partial charge in [0.05, 0.1) is 22.4 Å². The van der Waals surface area contributed by atoms with E-state index in [1.165, 1.54) is 58.7 Å². The van der Waals surface area contributed by atoms with E-state index in [1.807, 2.05) is 11.3 Å². The van der Waals surface area contributed by atoms with Crippen molar-refractivity contribution in [2.45, 2.75) is 0 Å². The summed E-state index contributed by atoms with van der Waals surface area (Å²) < 4.78 is 5.03. The fourth-order valence-corrected chi connectivity index (χ4v) is 10.7. The first-order valence-corrected chi connectivity index (χ1v) is 22.3. The number of nitrogens with zero attached hydrogens (tertiary/aromatic N) is 2. The summed E-state index contributed by atoms with van der Waals surface area (Å²) in [6, 6.07) is 88.5. The fourth-order valence-electron chi connectivity index (χ4n) is 9.47. The number of anilines is 3. The molecule has 0 unspecified atom stereocenters. The van der Waals surface area contributed by atoms with Crippen molar-refractivity contribution in [2.24, 2.45) is 0 Å². The second kappa shape index (κ2) is 15.5. The van der Waals surface area contributed by atoms with Crippen LogP contribution < -0.4 is 4.90 Å². The number of thiophene rings is 1. The molecular weight excluding hydrogens is 781 g/mol. The van der Waals surface area contributed by atoms with Gasteiger partial charge in [-0.25, -0.2) is 0 Å². The maximum Gasteiger partial charge on any atom is 0.0561 e. The van der Waals surface area contributed by atoms with Gasteiger partial charge in [0.15, 0.2) is 0 Å². The van der Waals surface area contributed by atoms with Crippen molar-refractivity contribution in [3.8, 4) is 50.2 Å². The summed E-state index contributed by atoms with van der Waals surface area (Å²) in [5.74, 6) is 0. The van der Waals surface area contributed by atoms with Crippen LogP contribution in [0.25, 0.3) is 92.2 Å². The van der Waals surface area contributed by atoms with Gasteiger partial charge < -0.3 is 9.47 Å².